The van der Waals surface area contributed by atoms with E-state index >= 15 is 0 Å². The molecule has 0 aliphatic rings. The van der Waals surface area contributed by atoms with E-state index in [0.717, 1.165) is 11.3 Å². The van der Waals surface area contributed by atoms with Crippen molar-refractivity contribution in [3.8, 4) is 5.75 Å². The van der Waals surface area contributed by atoms with E-state index < -0.39 is 0 Å². The minimum absolute atomic E-state index is 0.145. The molecule has 0 aliphatic heterocycles. The monoisotopic (exact) mass is 369 g/mol. The highest BCUT2D eigenvalue weighted by molar-refractivity contribution is 6.32. The molecule has 0 atom stereocenters. The van der Waals surface area contributed by atoms with E-state index in [0.29, 0.717) is 22.9 Å². The predicted molar refractivity (Wildman–Crippen MR) is 105 cm³/mol. The number of halogens is 2. The van der Waals surface area contributed by atoms with Gasteiger partial charge in [-0.15, -0.1) is 0 Å². The minimum atomic E-state index is -0.280. The molecule has 0 fully saturated rings. The molecule has 134 valence electrons. The van der Waals surface area contributed by atoms with Gasteiger partial charge in [0.15, 0.2) is 0 Å². The molecule has 0 spiro atoms. The number of aryl methyl sites for hydroxylation is 2. The van der Waals surface area contributed by atoms with Gasteiger partial charge in [0.2, 0.25) is 0 Å². The first-order chi connectivity index (χ1) is 12.5. The molecule has 3 aromatic carbocycles. The zero-order valence-electron chi connectivity index (χ0n) is 14.9. The van der Waals surface area contributed by atoms with Crippen molar-refractivity contribution in [1.29, 1.82) is 0 Å². The summed E-state index contributed by atoms with van der Waals surface area (Å²) in [5.41, 5.74) is 5.15. The lowest BCUT2D eigenvalue weighted by Crippen LogP contribution is -2.01. The van der Waals surface area contributed by atoms with E-state index in [9.17, 15) is 4.39 Å². The largest absolute Gasteiger partial charge is 0.487 e. The Morgan fingerprint density at radius 3 is 2.50 bits per heavy atom. The molecule has 0 amide bonds. The summed E-state index contributed by atoms with van der Waals surface area (Å²) < 4.78 is 19.3. The fraction of sp³-hybridized carbons (Fsp3) is 0.182. The van der Waals surface area contributed by atoms with Gasteiger partial charge in [-0.3, -0.25) is 0 Å². The Kier molecular flexibility index (Phi) is 5.79. The standard InChI is InChI=1S/C22H21ClFNO/c1-15-7-9-19(11-16(15)2)25-13-17-8-10-22(20(23)12-17)26-14-18-5-3-4-6-21(18)24/h3-12,25H,13-14H2,1-2H3. The molecule has 1 N–H and O–H groups in total. The molecule has 2 nitrogen and oxygen atoms in total. The van der Waals surface area contributed by atoms with Gasteiger partial charge in [0.1, 0.15) is 18.2 Å². The van der Waals surface area contributed by atoms with Crippen LogP contribution in [0.15, 0.2) is 60.7 Å². The van der Waals surface area contributed by atoms with Crippen LogP contribution in [0.3, 0.4) is 0 Å². The maximum absolute atomic E-state index is 13.7. The number of hydrogen-bond acceptors (Lipinski definition) is 2. The van der Waals surface area contributed by atoms with Crippen LogP contribution in [0.2, 0.25) is 5.02 Å². The van der Waals surface area contributed by atoms with Crippen molar-refractivity contribution in [2.24, 2.45) is 0 Å². The van der Waals surface area contributed by atoms with E-state index in [1.807, 2.05) is 18.2 Å². The molecule has 0 radical (unpaired) electrons. The molecule has 3 aromatic rings. The molecule has 0 unspecified atom stereocenters. The first kappa shape index (κ1) is 18.3. The van der Waals surface area contributed by atoms with Crippen LogP contribution in [0.5, 0.6) is 5.75 Å². The third kappa shape index (κ3) is 4.55. The quantitative estimate of drug-likeness (QED) is 0.551. The third-order valence-corrected chi connectivity index (χ3v) is 4.64. The molecule has 0 aromatic heterocycles. The van der Waals surface area contributed by atoms with Crippen LogP contribution in [0.1, 0.15) is 22.3 Å². The van der Waals surface area contributed by atoms with E-state index in [4.69, 9.17) is 16.3 Å². The highest BCUT2D eigenvalue weighted by atomic mass is 35.5. The van der Waals surface area contributed by atoms with Gasteiger partial charge in [0.05, 0.1) is 5.02 Å². The Morgan fingerprint density at radius 1 is 0.962 bits per heavy atom. The van der Waals surface area contributed by atoms with Crippen LogP contribution in [-0.2, 0) is 13.2 Å². The second kappa shape index (κ2) is 8.24. The highest BCUT2D eigenvalue weighted by Crippen LogP contribution is 2.27. The Morgan fingerprint density at radius 2 is 1.77 bits per heavy atom. The summed E-state index contributed by atoms with van der Waals surface area (Å²) in [4.78, 5) is 0. The van der Waals surface area contributed by atoms with Gasteiger partial charge < -0.3 is 10.1 Å². The number of ether oxygens (including phenoxy) is 1. The fourth-order valence-corrected chi connectivity index (χ4v) is 2.86. The second-order valence-corrected chi connectivity index (χ2v) is 6.70. The average Bonchev–Trinajstić information content (AvgIpc) is 2.63. The van der Waals surface area contributed by atoms with Crippen molar-refractivity contribution in [3.63, 3.8) is 0 Å². The van der Waals surface area contributed by atoms with Gasteiger partial charge in [0, 0.05) is 17.8 Å². The molecular weight excluding hydrogens is 349 g/mol. The van der Waals surface area contributed by atoms with Gasteiger partial charge in [-0.1, -0.05) is 41.9 Å². The summed E-state index contributed by atoms with van der Waals surface area (Å²) in [5, 5.41) is 3.91. The summed E-state index contributed by atoms with van der Waals surface area (Å²) in [6.45, 7) is 5.00. The maximum atomic E-state index is 13.7. The van der Waals surface area contributed by atoms with Gasteiger partial charge in [-0.05, 0) is 60.9 Å². The number of nitrogens with one attached hydrogen (secondary N) is 1. The van der Waals surface area contributed by atoms with Gasteiger partial charge in [0.25, 0.3) is 0 Å². The summed E-state index contributed by atoms with van der Waals surface area (Å²) in [7, 11) is 0. The molecule has 0 saturated carbocycles. The lowest BCUT2D eigenvalue weighted by atomic mass is 10.1. The molecule has 0 bridgehead atoms. The number of benzene rings is 3. The molecule has 4 heteroatoms. The van der Waals surface area contributed by atoms with Crippen molar-refractivity contribution in [2.45, 2.75) is 27.0 Å². The van der Waals surface area contributed by atoms with Crippen LogP contribution in [0.25, 0.3) is 0 Å². The lowest BCUT2D eigenvalue weighted by molar-refractivity contribution is 0.300. The van der Waals surface area contributed by atoms with Gasteiger partial charge in [-0.2, -0.15) is 0 Å². The molecule has 0 saturated heterocycles. The van der Waals surface area contributed by atoms with Gasteiger partial charge in [-0.25, -0.2) is 4.39 Å². The first-order valence-electron chi connectivity index (χ1n) is 8.48. The lowest BCUT2D eigenvalue weighted by Gasteiger charge is -2.12. The topological polar surface area (TPSA) is 21.3 Å². The smallest absolute Gasteiger partial charge is 0.138 e. The van der Waals surface area contributed by atoms with Crippen molar-refractivity contribution in [3.05, 3.63) is 93.8 Å². The van der Waals surface area contributed by atoms with Crippen molar-refractivity contribution in [1.82, 2.24) is 0 Å². The predicted octanol–water partition coefficient (Wildman–Crippen LogP) is 6.29. The molecular formula is C22H21ClFNO. The van der Waals surface area contributed by atoms with Crippen molar-refractivity contribution < 1.29 is 9.13 Å². The molecule has 26 heavy (non-hydrogen) atoms. The maximum Gasteiger partial charge on any atom is 0.138 e. The second-order valence-electron chi connectivity index (χ2n) is 6.30. The normalized spacial score (nSPS) is 10.6. The molecule has 3 rings (SSSR count). The Balaban J connectivity index is 1.61. The Hall–Kier alpha value is -2.52. The first-order valence-corrected chi connectivity index (χ1v) is 8.86. The zero-order valence-corrected chi connectivity index (χ0v) is 15.6. The third-order valence-electron chi connectivity index (χ3n) is 4.34. The summed E-state index contributed by atoms with van der Waals surface area (Å²) >= 11 is 6.32. The van der Waals surface area contributed by atoms with E-state index in [2.05, 4.69) is 37.4 Å². The average molecular weight is 370 g/mol. The minimum Gasteiger partial charge on any atom is -0.487 e. The van der Waals surface area contributed by atoms with Crippen LogP contribution in [0.4, 0.5) is 10.1 Å². The zero-order chi connectivity index (χ0) is 18.5. The molecule has 0 aliphatic carbocycles. The van der Waals surface area contributed by atoms with Crippen LogP contribution < -0.4 is 10.1 Å². The highest BCUT2D eigenvalue weighted by Gasteiger charge is 2.06. The number of hydrogen-bond donors (Lipinski definition) is 1. The Bertz CT molecular complexity index is 910. The van der Waals surface area contributed by atoms with Crippen molar-refractivity contribution in [2.75, 3.05) is 5.32 Å². The van der Waals surface area contributed by atoms with Crippen LogP contribution in [0, 0.1) is 19.7 Å². The van der Waals surface area contributed by atoms with Crippen LogP contribution in [-0.4, -0.2) is 0 Å². The van der Waals surface area contributed by atoms with E-state index in [-0.39, 0.29) is 12.4 Å². The number of anilines is 1. The SMILES string of the molecule is Cc1ccc(NCc2ccc(OCc3ccccc3F)c(Cl)c2)cc1C. The Labute approximate surface area is 158 Å². The number of rotatable bonds is 6. The summed E-state index contributed by atoms with van der Waals surface area (Å²) in [6, 6.07) is 18.5. The van der Waals surface area contributed by atoms with Gasteiger partial charge >= 0.3 is 0 Å². The fourth-order valence-electron chi connectivity index (χ4n) is 2.60. The summed E-state index contributed by atoms with van der Waals surface area (Å²) in [5.74, 6) is 0.266. The van der Waals surface area contributed by atoms with E-state index in [1.165, 1.54) is 17.2 Å². The van der Waals surface area contributed by atoms with E-state index in [1.54, 1.807) is 18.2 Å². The molecule has 0 heterocycles. The summed E-state index contributed by atoms with van der Waals surface area (Å²) in [6.07, 6.45) is 0. The van der Waals surface area contributed by atoms with Crippen molar-refractivity contribution >= 4 is 17.3 Å². The van der Waals surface area contributed by atoms with Crippen LogP contribution >= 0.6 is 11.6 Å².